The van der Waals surface area contributed by atoms with Crippen LogP contribution in [0.1, 0.15) is 38.7 Å². The van der Waals surface area contributed by atoms with Crippen LogP contribution in [0, 0.1) is 11.3 Å². The van der Waals surface area contributed by atoms with Crippen LogP contribution in [0.25, 0.3) is 10.4 Å². The molecule has 0 unspecified atom stereocenters. The van der Waals surface area contributed by atoms with E-state index in [1.807, 2.05) is 44.2 Å². The Bertz CT molecular complexity index is 1400. The summed E-state index contributed by atoms with van der Waals surface area (Å²) in [6.45, 7) is 4.67. The molecule has 2 fully saturated rings. The quantitative estimate of drug-likeness (QED) is 0.118. The Kier molecular flexibility index (Phi) is 12.1. The molecule has 13 nitrogen and oxygen atoms in total. The van der Waals surface area contributed by atoms with Gasteiger partial charge in [0.15, 0.2) is 6.29 Å². The number of nitrogens with one attached hydrogen (secondary N) is 1. The number of carbonyl (C=O) groups excluding carboxylic acids is 1. The minimum absolute atomic E-state index is 0.0435. The molecule has 0 radical (unpaired) electrons. The van der Waals surface area contributed by atoms with Crippen LogP contribution in [0.15, 0.2) is 64.6 Å². The van der Waals surface area contributed by atoms with E-state index in [4.69, 9.17) is 24.5 Å². The van der Waals surface area contributed by atoms with E-state index in [0.717, 1.165) is 12.0 Å². The maximum Gasteiger partial charge on any atom is 0.407 e. The molecule has 14 heteroatoms. The molecule has 5 atom stereocenters. The van der Waals surface area contributed by atoms with Crippen LogP contribution in [0.5, 0.6) is 5.75 Å². The highest BCUT2D eigenvalue weighted by Crippen LogP contribution is 2.33. The van der Waals surface area contributed by atoms with Gasteiger partial charge in [-0.25, -0.2) is 13.2 Å². The molecule has 2 aromatic rings. The van der Waals surface area contributed by atoms with Crippen molar-refractivity contribution < 1.29 is 37.3 Å². The van der Waals surface area contributed by atoms with E-state index < -0.39 is 39.8 Å². The van der Waals surface area contributed by atoms with E-state index in [-0.39, 0.29) is 43.2 Å². The summed E-state index contributed by atoms with van der Waals surface area (Å²) in [5.41, 5.74) is 8.95. The fraction of sp³-hybridized carbons (Fsp3) is 0.581. The number of aliphatic hydroxyl groups is 1. The summed E-state index contributed by atoms with van der Waals surface area (Å²) in [5, 5.41) is 18.0. The Labute approximate surface area is 264 Å². The number of azide groups is 1. The zero-order valence-corrected chi connectivity index (χ0v) is 26.8. The Morgan fingerprint density at radius 2 is 1.93 bits per heavy atom. The first kappa shape index (κ1) is 34.5. The Hall–Kier alpha value is -3.39. The number of alkyl carbamates (subject to hydrolysis) is 1. The molecule has 45 heavy (non-hydrogen) atoms. The van der Waals surface area contributed by atoms with Crippen molar-refractivity contribution in [1.82, 2.24) is 9.62 Å². The Morgan fingerprint density at radius 1 is 1.20 bits per heavy atom. The maximum absolute atomic E-state index is 14.0. The van der Waals surface area contributed by atoms with Gasteiger partial charge in [0.2, 0.25) is 10.0 Å². The van der Waals surface area contributed by atoms with Gasteiger partial charge in [-0.15, -0.1) is 0 Å². The Balaban J connectivity index is 1.56. The number of ether oxygens (including phenoxy) is 4. The van der Waals surface area contributed by atoms with E-state index in [0.29, 0.717) is 31.7 Å². The van der Waals surface area contributed by atoms with Crippen LogP contribution in [0.4, 0.5) is 4.79 Å². The van der Waals surface area contributed by atoms with Crippen LogP contribution < -0.4 is 10.1 Å². The third-order valence-electron chi connectivity index (χ3n) is 8.18. The second kappa shape index (κ2) is 15.7. The van der Waals surface area contributed by atoms with Gasteiger partial charge < -0.3 is 29.4 Å². The summed E-state index contributed by atoms with van der Waals surface area (Å²) in [5.74, 6) is 0.451. The fourth-order valence-corrected chi connectivity index (χ4v) is 7.38. The predicted molar refractivity (Wildman–Crippen MR) is 166 cm³/mol. The monoisotopic (exact) mass is 645 g/mol. The topological polar surface area (TPSA) is 172 Å². The lowest BCUT2D eigenvalue weighted by Crippen LogP contribution is -2.52. The van der Waals surface area contributed by atoms with E-state index in [1.165, 1.54) is 23.5 Å². The first-order valence-corrected chi connectivity index (χ1v) is 16.5. The minimum atomic E-state index is -4.09. The van der Waals surface area contributed by atoms with Crippen molar-refractivity contribution in [3.8, 4) is 5.75 Å². The molecule has 4 rings (SSSR count). The molecule has 0 aromatic heterocycles. The molecule has 2 N–H and O–H groups in total. The molecule has 2 saturated heterocycles. The van der Waals surface area contributed by atoms with Gasteiger partial charge in [-0.2, -0.15) is 4.31 Å². The van der Waals surface area contributed by atoms with Gasteiger partial charge in [-0.05, 0) is 66.5 Å². The second-order valence-corrected chi connectivity index (χ2v) is 14.1. The number of carbonyl (C=O) groups is 1. The number of nitrogens with zero attached hydrogens (tertiary/aromatic N) is 4. The third-order valence-corrected chi connectivity index (χ3v) is 10.0. The fourth-order valence-electron chi connectivity index (χ4n) is 5.73. The van der Waals surface area contributed by atoms with E-state index in [2.05, 4.69) is 15.3 Å². The van der Waals surface area contributed by atoms with E-state index >= 15 is 0 Å². The summed E-state index contributed by atoms with van der Waals surface area (Å²) in [6, 6.07) is 14.5. The highest BCUT2D eigenvalue weighted by molar-refractivity contribution is 7.89. The average molecular weight is 646 g/mol. The lowest BCUT2D eigenvalue weighted by molar-refractivity contribution is -0.0907. The predicted octanol–water partition coefficient (Wildman–Crippen LogP) is 4.26. The van der Waals surface area contributed by atoms with Crippen LogP contribution in [-0.4, -0.2) is 88.4 Å². The number of hydrogen-bond acceptors (Lipinski definition) is 9. The first-order chi connectivity index (χ1) is 21.5. The van der Waals surface area contributed by atoms with Gasteiger partial charge in [0, 0.05) is 24.5 Å². The molecule has 1 amide bonds. The molecular formula is C31H43N5O8S. The van der Waals surface area contributed by atoms with Crippen molar-refractivity contribution in [2.24, 2.45) is 16.4 Å². The van der Waals surface area contributed by atoms with Crippen molar-refractivity contribution in [2.45, 2.75) is 69.0 Å². The van der Waals surface area contributed by atoms with Crippen molar-refractivity contribution in [3.63, 3.8) is 0 Å². The SMILES string of the molecule is COc1ccc(S(=O)(=O)N(C[C@@H](O)[C@H](Cc2ccccc2)NC(=O)O[C@H]2CO[C@H]3OCC[C@H]32)CC(C)(C)CCCN=[N+]=[N-])cc1. The molecule has 0 spiro atoms. The molecule has 0 saturated carbocycles. The highest BCUT2D eigenvalue weighted by Gasteiger charge is 2.44. The number of rotatable bonds is 16. The number of methoxy groups -OCH3 is 1. The van der Waals surface area contributed by atoms with Crippen molar-refractivity contribution >= 4 is 16.1 Å². The summed E-state index contributed by atoms with van der Waals surface area (Å²) in [6.07, 6.45) is -0.798. The van der Waals surface area contributed by atoms with E-state index in [9.17, 15) is 18.3 Å². The summed E-state index contributed by atoms with van der Waals surface area (Å²) in [4.78, 5) is 16.0. The molecule has 2 heterocycles. The molecule has 0 aliphatic carbocycles. The number of hydrogen-bond donors (Lipinski definition) is 2. The largest absolute Gasteiger partial charge is 0.497 e. The standard InChI is InChI=1S/C31H43N5O8S/c1-31(2,15-7-16-33-35-32)21-36(45(39,40)24-12-10-23(41-3)11-13-24)19-27(37)26(18-22-8-5-4-6-9-22)34-30(38)44-28-20-43-29-25(28)14-17-42-29/h4-6,8-13,25-29,37H,7,14-21H2,1-3H3,(H,34,38)/t25-,26-,27+,28-,29+/m0/s1. The van der Waals surface area contributed by atoms with Crippen LogP contribution in [-0.2, 0) is 30.7 Å². The van der Waals surface area contributed by atoms with Gasteiger partial charge in [0.05, 0.1) is 43.3 Å². The van der Waals surface area contributed by atoms with Crippen LogP contribution in [0.2, 0.25) is 0 Å². The first-order valence-electron chi connectivity index (χ1n) is 15.1. The van der Waals surface area contributed by atoms with Gasteiger partial charge in [0.25, 0.3) is 0 Å². The number of fused-ring (bicyclic) bond motifs is 1. The average Bonchev–Trinajstić information content (AvgIpc) is 3.64. The molecule has 2 aliphatic rings. The van der Waals surface area contributed by atoms with Gasteiger partial charge in [-0.1, -0.05) is 49.3 Å². The zero-order valence-electron chi connectivity index (χ0n) is 25.9. The minimum Gasteiger partial charge on any atom is -0.497 e. The molecule has 246 valence electrons. The van der Waals surface area contributed by atoms with Crippen LogP contribution in [0.3, 0.4) is 0 Å². The summed E-state index contributed by atoms with van der Waals surface area (Å²) in [7, 11) is -2.60. The maximum atomic E-state index is 14.0. The van der Waals surface area contributed by atoms with Crippen LogP contribution >= 0.6 is 0 Å². The summed E-state index contributed by atoms with van der Waals surface area (Å²) < 4.78 is 51.3. The Morgan fingerprint density at radius 3 is 2.62 bits per heavy atom. The molecule has 0 bridgehead atoms. The van der Waals surface area contributed by atoms with E-state index in [1.54, 1.807) is 12.1 Å². The van der Waals surface area contributed by atoms with Crippen molar-refractivity contribution in [1.29, 1.82) is 0 Å². The molecular weight excluding hydrogens is 602 g/mol. The molecule has 2 aromatic carbocycles. The summed E-state index contributed by atoms with van der Waals surface area (Å²) >= 11 is 0. The normalized spacial score (nSPS) is 21.0. The van der Waals surface area contributed by atoms with Gasteiger partial charge in [-0.3, -0.25) is 0 Å². The number of sulfonamides is 1. The second-order valence-electron chi connectivity index (χ2n) is 12.2. The lowest BCUT2D eigenvalue weighted by Gasteiger charge is -2.35. The lowest BCUT2D eigenvalue weighted by atomic mass is 9.87. The van der Waals surface area contributed by atoms with Crippen molar-refractivity contribution in [3.05, 3.63) is 70.6 Å². The zero-order chi connectivity index (χ0) is 32.5. The highest BCUT2D eigenvalue weighted by atomic mass is 32.2. The molecule has 2 aliphatic heterocycles. The number of benzene rings is 2. The van der Waals surface area contributed by atoms with Gasteiger partial charge >= 0.3 is 6.09 Å². The van der Waals surface area contributed by atoms with Gasteiger partial charge in [0.1, 0.15) is 11.9 Å². The number of amides is 1. The van der Waals surface area contributed by atoms with Crippen molar-refractivity contribution in [2.75, 3.05) is 40.0 Å². The third kappa shape index (κ3) is 9.55. The number of aliphatic hydroxyl groups excluding tert-OH is 1. The smallest absolute Gasteiger partial charge is 0.407 e.